The van der Waals surface area contributed by atoms with Crippen molar-refractivity contribution < 1.29 is 13.6 Å². The molecule has 1 aliphatic heterocycles. The van der Waals surface area contributed by atoms with Crippen LogP contribution < -0.4 is 15.5 Å². The Kier molecular flexibility index (Phi) is 5.62. The van der Waals surface area contributed by atoms with Crippen molar-refractivity contribution in [2.24, 2.45) is 0 Å². The quantitative estimate of drug-likeness (QED) is 0.460. The number of carbonyl (C=O) groups excluding carboxylic acids is 1. The van der Waals surface area contributed by atoms with E-state index >= 15 is 0 Å². The van der Waals surface area contributed by atoms with Gasteiger partial charge in [-0.15, -0.1) is 11.3 Å². The second kappa shape index (κ2) is 8.81. The molecular formula is C23H26F2N8OS. The maximum Gasteiger partial charge on any atom is 0.257 e. The van der Waals surface area contributed by atoms with Gasteiger partial charge in [-0.05, 0) is 25.7 Å². The lowest BCUT2D eigenvalue weighted by Gasteiger charge is -2.24. The van der Waals surface area contributed by atoms with Crippen molar-refractivity contribution in [2.75, 3.05) is 22.1 Å². The molecule has 1 saturated carbocycles. The van der Waals surface area contributed by atoms with E-state index < -0.39 is 24.8 Å². The van der Waals surface area contributed by atoms with Gasteiger partial charge in [0.2, 0.25) is 11.9 Å². The minimum atomic E-state index is -2.88. The predicted octanol–water partition coefficient (Wildman–Crippen LogP) is 4.40. The first-order valence-corrected chi connectivity index (χ1v) is 12.9. The summed E-state index contributed by atoms with van der Waals surface area (Å²) in [5.74, 6) is -1.46. The van der Waals surface area contributed by atoms with Crippen LogP contribution in [0.25, 0.3) is 0 Å². The molecule has 3 aromatic heterocycles. The highest BCUT2D eigenvalue weighted by molar-refractivity contribution is 7.13. The number of anilines is 4. The summed E-state index contributed by atoms with van der Waals surface area (Å²) in [5.41, 5.74) is 1.78. The molecule has 9 nitrogen and oxygen atoms in total. The molecule has 12 heteroatoms. The second-order valence-corrected chi connectivity index (χ2v) is 10.4. The summed E-state index contributed by atoms with van der Waals surface area (Å²) in [4.78, 5) is 28.0. The molecule has 0 bridgehead atoms. The maximum atomic E-state index is 14.4. The SMILES string of the molecule is O=C(Nc1nccs1)[C@@H]1CCCN1c1nc2c(c(Nc3cc(C4CCCC4)[nH]n3)n1)CC(F)(F)C2. The number of nitrogens with one attached hydrogen (secondary N) is 3. The van der Waals surface area contributed by atoms with Gasteiger partial charge in [0.25, 0.3) is 5.92 Å². The van der Waals surface area contributed by atoms with E-state index in [4.69, 9.17) is 0 Å². The number of hydrogen-bond donors (Lipinski definition) is 3. The Morgan fingerprint density at radius 2 is 2.03 bits per heavy atom. The summed E-state index contributed by atoms with van der Waals surface area (Å²) >= 11 is 1.34. The lowest BCUT2D eigenvalue weighted by molar-refractivity contribution is -0.117. The smallest absolute Gasteiger partial charge is 0.257 e. The predicted molar refractivity (Wildman–Crippen MR) is 129 cm³/mol. The van der Waals surface area contributed by atoms with E-state index in [0.29, 0.717) is 46.9 Å². The molecule has 0 aromatic carbocycles. The summed E-state index contributed by atoms with van der Waals surface area (Å²) in [7, 11) is 0. The summed E-state index contributed by atoms with van der Waals surface area (Å²) in [6, 6.07) is 1.45. The van der Waals surface area contributed by atoms with Gasteiger partial charge >= 0.3 is 0 Å². The van der Waals surface area contributed by atoms with Crippen LogP contribution in [0, 0.1) is 0 Å². The molecule has 0 radical (unpaired) electrons. The van der Waals surface area contributed by atoms with E-state index in [0.717, 1.165) is 25.0 Å². The third kappa shape index (κ3) is 4.46. The zero-order chi connectivity index (χ0) is 24.0. The standard InChI is InChI=1S/C23H26F2N8OS/c24-23(25)11-14-16(12-23)27-21(33-8-3-6-17(33)20(34)30-22-26-7-9-35-22)29-19(14)28-18-10-15(31-32-18)13-4-1-2-5-13/h7,9-10,13,17H,1-6,8,11-12H2,(H,26,30,34)(H2,27,28,29,31,32)/t17-/m0/s1. The van der Waals surface area contributed by atoms with Crippen molar-refractivity contribution in [1.29, 1.82) is 0 Å². The van der Waals surface area contributed by atoms with Gasteiger partial charge < -0.3 is 15.5 Å². The van der Waals surface area contributed by atoms with E-state index in [-0.39, 0.29) is 11.9 Å². The Bertz CT molecular complexity index is 1220. The van der Waals surface area contributed by atoms with Crippen molar-refractivity contribution in [3.63, 3.8) is 0 Å². The topological polar surface area (TPSA) is 112 Å². The zero-order valence-electron chi connectivity index (χ0n) is 19.1. The third-order valence-electron chi connectivity index (χ3n) is 7.06. The van der Waals surface area contributed by atoms with E-state index in [9.17, 15) is 13.6 Å². The Morgan fingerprint density at radius 1 is 1.17 bits per heavy atom. The highest BCUT2D eigenvalue weighted by Crippen LogP contribution is 2.40. The van der Waals surface area contributed by atoms with Crippen LogP contribution in [0.4, 0.5) is 31.5 Å². The lowest BCUT2D eigenvalue weighted by atomic mass is 10.0. The number of halogens is 2. The van der Waals surface area contributed by atoms with E-state index in [1.165, 1.54) is 24.2 Å². The fraction of sp³-hybridized carbons (Fsp3) is 0.522. The summed E-state index contributed by atoms with van der Waals surface area (Å²) in [6.45, 7) is 0.568. The van der Waals surface area contributed by atoms with Gasteiger partial charge in [0, 0.05) is 47.8 Å². The average molecular weight is 501 g/mol. The van der Waals surface area contributed by atoms with Crippen LogP contribution >= 0.6 is 11.3 Å². The van der Waals surface area contributed by atoms with Crippen molar-refractivity contribution in [3.05, 3.63) is 34.6 Å². The van der Waals surface area contributed by atoms with Crippen LogP contribution in [0.1, 0.15) is 61.4 Å². The fourth-order valence-electron chi connectivity index (χ4n) is 5.37. The number of amides is 1. The average Bonchev–Trinajstić information content (AvgIpc) is 3.63. The third-order valence-corrected chi connectivity index (χ3v) is 7.74. The molecule has 0 spiro atoms. The molecule has 184 valence electrons. The molecule has 1 atom stereocenters. The number of thiazole rings is 1. The molecule has 2 fully saturated rings. The van der Waals surface area contributed by atoms with Crippen molar-refractivity contribution in [3.8, 4) is 0 Å². The Labute approximate surface area is 204 Å². The van der Waals surface area contributed by atoms with Gasteiger partial charge in [-0.25, -0.2) is 18.7 Å². The van der Waals surface area contributed by atoms with Gasteiger partial charge in [-0.1, -0.05) is 12.8 Å². The first-order chi connectivity index (χ1) is 16.9. The number of rotatable bonds is 6. The van der Waals surface area contributed by atoms with Gasteiger partial charge in [0.1, 0.15) is 11.9 Å². The second-order valence-electron chi connectivity index (χ2n) is 9.50. The van der Waals surface area contributed by atoms with Crippen LogP contribution in [-0.4, -0.2) is 49.6 Å². The molecule has 3 aromatic rings. The number of fused-ring (bicyclic) bond motifs is 1. The minimum absolute atomic E-state index is 0.199. The van der Waals surface area contributed by atoms with Crippen molar-refractivity contribution >= 4 is 40.0 Å². The number of aromatic amines is 1. The van der Waals surface area contributed by atoms with E-state index in [1.54, 1.807) is 16.5 Å². The monoisotopic (exact) mass is 500 g/mol. The Morgan fingerprint density at radius 3 is 2.83 bits per heavy atom. The molecular weight excluding hydrogens is 474 g/mol. The Balaban J connectivity index is 1.29. The molecule has 3 aliphatic rings. The minimum Gasteiger partial charge on any atom is -0.329 e. The fourth-order valence-corrected chi connectivity index (χ4v) is 5.90. The lowest BCUT2D eigenvalue weighted by Crippen LogP contribution is -2.40. The number of aromatic nitrogens is 5. The number of H-pyrrole nitrogens is 1. The van der Waals surface area contributed by atoms with Crippen LogP contribution in [0.3, 0.4) is 0 Å². The summed E-state index contributed by atoms with van der Waals surface area (Å²) < 4.78 is 28.8. The molecule has 3 N–H and O–H groups in total. The first kappa shape index (κ1) is 22.3. The normalized spacial score (nSPS) is 21.4. The molecule has 35 heavy (non-hydrogen) atoms. The molecule has 1 saturated heterocycles. The van der Waals surface area contributed by atoms with E-state index in [2.05, 4.69) is 35.8 Å². The molecule has 4 heterocycles. The highest BCUT2D eigenvalue weighted by atomic mass is 32.1. The maximum absolute atomic E-state index is 14.4. The number of hydrogen-bond acceptors (Lipinski definition) is 8. The summed E-state index contributed by atoms with van der Waals surface area (Å²) in [5, 5.41) is 15.8. The first-order valence-electron chi connectivity index (χ1n) is 12.0. The van der Waals surface area contributed by atoms with Crippen LogP contribution in [0.5, 0.6) is 0 Å². The highest BCUT2D eigenvalue weighted by Gasteiger charge is 2.42. The molecule has 0 unspecified atom stereocenters. The van der Waals surface area contributed by atoms with Crippen LogP contribution in [0.2, 0.25) is 0 Å². The zero-order valence-corrected chi connectivity index (χ0v) is 19.9. The molecule has 2 aliphatic carbocycles. The number of nitrogens with zero attached hydrogens (tertiary/aromatic N) is 5. The number of carbonyl (C=O) groups is 1. The largest absolute Gasteiger partial charge is 0.329 e. The van der Waals surface area contributed by atoms with Gasteiger partial charge in [-0.2, -0.15) is 10.1 Å². The summed E-state index contributed by atoms with van der Waals surface area (Å²) in [6.07, 6.45) is 6.83. The van der Waals surface area contributed by atoms with Crippen molar-refractivity contribution in [1.82, 2.24) is 25.1 Å². The Hall–Kier alpha value is -3.15. The van der Waals surface area contributed by atoms with Crippen LogP contribution in [0.15, 0.2) is 17.6 Å². The van der Waals surface area contributed by atoms with Gasteiger partial charge in [0.05, 0.1) is 12.1 Å². The van der Waals surface area contributed by atoms with Crippen molar-refractivity contribution in [2.45, 2.75) is 69.2 Å². The van der Waals surface area contributed by atoms with E-state index in [1.807, 2.05) is 6.07 Å². The van der Waals surface area contributed by atoms with Gasteiger partial charge in [0.15, 0.2) is 10.9 Å². The molecule has 6 rings (SSSR count). The van der Waals surface area contributed by atoms with Gasteiger partial charge in [-0.3, -0.25) is 9.89 Å². The number of alkyl halides is 2. The molecule has 1 amide bonds. The van der Waals surface area contributed by atoms with Crippen LogP contribution in [-0.2, 0) is 17.6 Å².